The lowest BCUT2D eigenvalue weighted by atomic mass is 9.91. The van der Waals surface area contributed by atoms with Crippen molar-refractivity contribution in [3.05, 3.63) is 68.7 Å². The Morgan fingerprint density at radius 2 is 1.57 bits per heavy atom. The lowest BCUT2D eigenvalue weighted by Gasteiger charge is -2.23. The van der Waals surface area contributed by atoms with E-state index in [4.69, 9.17) is 11.6 Å². The lowest BCUT2D eigenvalue weighted by molar-refractivity contribution is 0.627. The summed E-state index contributed by atoms with van der Waals surface area (Å²) in [6, 6.07) is 11.0. The Balaban J connectivity index is 2.55. The molecule has 0 radical (unpaired) electrons. The van der Waals surface area contributed by atoms with Gasteiger partial charge >= 0.3 is 0 Å². The van der Waals surface area contributed by atoms with Crippen molar-refractivity contribution < 1.29 is 0 Å². The number of hydrogen-bond donors (Lipinski definition) is 1. The highest BCUT2D eigenvalue weighted by Gasteiger charge is 2.18. The third kappa shape index (κ3) is 3.48. The van der Waals surface area contributed by atoms with Crippen LogP contribution in [0.3, 0.4) is 0 Å². The van der Waals surface area contributed by atoms with E-state index in [1.807, 2.05) is 6.07 Å². The van der Waals surface area contributed by atoms with Gasteiger partial charge in [0, 0.05) is 5.02 Å². The summed E-state index contributed by atoms with van der Waals surface area (Å²) in [5.41, 5.74) is 7.61. The summed E-state index contributed by atoms with van der Waals surface area (Å²) in [5, 5.41) is 4.41. The second-order valence-corrected chi connectivity index (χ2v) is 6.22. The molecule has 0 fully saturated rings. The Morgan fingerprint density at radius 3 is 2.19 bits per heavy atom. The Bertz CT molecular complexity index is 646. The zero-order valence-electron chi connectivity index (χ0n) is 13.5. The normalized spacial score (nSPS) is 12.5. The van der Waals surface area contributed by atoms with Crippen molar-refractivity contribution in [3.63, 3.8) is 0 Å². The predicted molar refractivity (Wildman–Crippen MR) is 92.4 cm³/mol. The molecule has 1 atom stereocenters. The summed E-state index contributed by atoms with van der Waals surface area (Å²) in [6.45, 7) is 11.6. The number of rotatable bonds is 4. The smallest absolute Gasteiger partial charge is 0.0594 e. The van der Waals surface area contributed by atoms with Gasteiger partial charge in [0.05, 0.1) is 6.04 Å². The van der Waals surface area contributed by atoms with Crippen LogP contribution in [0.5, 0.6) is 0 Å². The van der Waals surface area contributed by atoms with E-state index in [9.17, 15) is 0 Å². The molecule has 2 heteroatoms. The molecule has 0 aliphatic rings. The highest BCUT2D eigenvalue weighted by Crippen LogP contribution is 2.32. The van der Waals surface area contributed by atoms with Crippen LogP contribution in [0.15, 0.2) is 30.3 Å². The molecular formula is C19H24ClN. The second kappa shape index (κ2) is 6.64. The molecule has 0 amide bonds. The molecular weight excluding hydrogens is 278 g/mol. The van der Waals surface area contributed by atoms with Crippen LogP contribution in [-0.4, -0.2) is 6.54 Å². The van der Waals surface area contributed by atoms with Crippen LogP contribution >= 0.6 is 11.6 Å². The highest BCUT2D eigenvalue weighted by molar-refractivity contribution is 6.31. The van der Waals surface area contributed by atoms with Gasteiger partial charge in [-0.15, -0.1) is 0 Å². The maximum absolute atomic E-state index is 6.49. The fourth-order valence-corrected chi connectivity index (χ4v) is 3.10. The van der Waals surface area contributed by atoms with Crippen LogP contribution in [-0.2, 0) is 0 Å². The molecule has 0 heterocycles. The topological polar surface area (TPSA) is 12.0 Å². The summed E-state index contributed by atoms with van der Waals surface area (Å²) < 4.78 is 0. The zero-order chi connectivity index (χ0) is 15.6. The maximum Gasteiger partial charge on any atom is 0.0594 e. The highest BCUT2D eigenvalue weighted by atomic mass is 35.5. The average molecular weight is 302 g/mol. The van der Waals surface area contributed by atoms with Crippen molar-refractivity contribution in [2.75, 3.05) is 6.54 Å². The van der Waals surface area contributed by atoms with Gasteiger partial charge in [-0.05, 0) is 73.7 Å². The number of nitrogens with one attached hydrogen (secondary N) is 1. The summed E-state index contributed by atoms with van der Waals surface area (Å²) >= 11 is 6.49. The van der Waals surface area contributed by atoms with Crippen molar-refractivity contribution >= 4 is 11.6 Å². The molecule has 0 aromatic heterocycles. The SMILES string of the molecule is CCNC(c1cc(C)c(C)cc1C)c1ccc(C)cc1Cl. The lowest BCUT2D eigenvalue weighted by Crippen LogP contribution is -2.23. The fraction of sp³-hybridized carbons (Fsp3) is 0.368. The monoisotopic (exact) mass is 301 g/mol. The molecule has 2 rings (SSSR count). The van der Waals surface area contributed by atoms with E-state index in [1.165, 1.54) is 27.8 Å². The maximum atomic E-state index is 6.49. The van der Waals surface area contributed by atoms with Crippen molar-refractivity contribution in [2.45, 2.75) is 40.7 Å². The van der Waals surface area contributed by atoms with Gasteiger partial charge in [-0.25, -0.2) is 0 Å². The first-order valence-corrected chi connectivity index (χ1v) is 7.89. The minimum absolute atomic E-state index is 0.141. The Kier molecular flexibility index (Phi) is 5.08. The zero-order valence-corrected chi connectivity index (χ0v) is 14.3. The molecule has 0 aliphatic heterocycles. The Labute approximate surface area is 133 Å². The largest absolute Gasteiger partial charge is 0.306 e. The van der Waals surface area contributed by atoms with Crippen LogP contribution < -0.4 is 5.32 Å². The molecule has 21 heavy (non-hydrogen) atoms. The van der Waals surface area contributed by atoms with Crippen molar-refractivity contribution in [2.24, 2.45) is 0 Å². The standard InChI is InChI=1S/C19H24ClN/c1-6-21-19(16-8-7-12(2)9-18(16)20)17-11-14(4)13(3)10-15(17)5/h7-11,19,21H,6H2,1-5H3. The molecule has 0 saturated carbocycles. The van der Waals surface area contributed by atoms with Crippen LogP contribution in [0.2, 0.25) is 5.02 Å². The van der Waals surface area contributed by atoms with Crippen molar-refractivity contribution in [1.82, 2.24) is 5.32 Å². The predicted octanol–water partition coefficient (Wildman–Crippen LogP) is 5.27. The van der Waals surface area contributed by atoms with E-state index in [0.717, 1.165) is 17.1 Å². The third-order valence-corrected chi connectivity index (χ3v) is 4.40. The van der Waals surface area contributed by atoms with Gasteiger partial charge in [0.15, 0.2) is 0 Å². The summed E-state index contributed by atoms with van der Waals surface area (Å²) in [5.74, 6) is 0. The average Bonchev–Trinajstić information content (AvgIpc) is 2.41. The van der Waals surface area contributed by atoms with Gasteiger partial charge in [0.1, 0.15) is 0 Å². The number of benzene rings is 2. The fourth-order valence-electron chi connectivity index (χ4n) is 2.75. The Morgan fingerprint density at radius 1 is 0.905 bits per heavy atom. The van der Waals surface area contributed by atoms with Crippen LogP contribution in [0, 0.1) is 27.7 Å². The quantitative estimate of drug-likeness (QED) is 0.811. The van der Waals surface area contributed by atoms with Crippen molar-refractivity contribution in [1.29, 1.82) is 0 Å². The number of aryl methyl sites for hydroxylation is 4. The van der Waals surface area contributed by atoms with E-state index in [1.54, 1.807) is 0 Å². The Hall–Kier alpha value is -1.31. The van der Waals surface area contributed by atoms with Gasteiger partial charge in [-0.1, -0.05) is 42.8 Å². The van der Waals surface area contributed by atoms with Gasteiger partial charge < -0.3 is 5.32 Å². The molecule has 2 aromatic carbocycles. The van der Waals surface area contributed by atoms with Gasteiger partial charge in [0.2, 0.25) is 0 Å². The van der Waals surface area contributed by atoms with Crippen LogP contribution in [0.25, 0.3) is 0 Å². The molecule has 0 bridgehead atoms. The number of hydrogen-bond acceptors (Lipinski definition) is 1. The third-order valence-electron chi connectivity index (χ3n) is 4.07. The molecule has 112 valence electrons. The number of halogens is 1. The first-order chi connectivity index (χ1) is 9.93. The minimum atomic E-state index is 0.141. The van der Waals surface area contributed by atoms with E-state index in [2.05, 4.69) is 64.2 Å². The molecule has 0 aliphatic carbocycles. The van der Waals surface area contributed by atoms with Gasteiger partial charge in [-0.2, -0.15) is 0 Å². The first-order valence-electron chi connectivity index (χ1n) is 7.51. The van der Waals surface area contributed by atoms with Gasteiger partial charge in [-0.3, -0.25) is 0 Å². The molecule has 1 unspecified atom stereocenters. The van der Waals surface area contributed by atoms with E-state index in [-0.39, 0.29) is 6.04 Å². The molecule has 2 aromatic rings. The van der Waals surface area contributed by atoms with Crippen LogP contribution in [0.1, 0.15) is 46.3 Å². The molecule has 1 nitrogen and oxygen atoms in total. The molecule has 0 spiro atoms. The summed E-state index contributed by atoms with van der Waals surface area (Å²) in [4.78, 5) is 0. The van der Waals surface area contributed by atoms with Crippen molar-refractivity contribution in [3.8, 4) is 0 Å². The van der Waals surface area contributed by atoms with E-state index in [0.29, 0.717) is 0 Å². The first kappa shape index (κ1) is 16.1. The second-order valence-electron chi connectivity index (χ2n) is 5.81. The summed E-state index contributed by atoms with van der Waals surface area (Å²) in [7, 11) is 0. The summed E-state index contributed by atoms with van der Waals surface area (Å²) in [6.07, 6.45) is 0. The minimum Gasteiger partial charge on any atom is -0.306 e. The van der Waals surface area contributed by atoms with E-state index < -0.39 is 0 Å². The van der Waals surface area contributed by atoms with E-state index >= 15 is 0 Å². The molecule has 1 N–H and O–H groups in total. The van der Waals surface area contributed by atoms with Gasteiger partial charge in [0.25, 0.3) is 0 Å². The van der Waals surface area contributed by atoms with Crippen LogP contribution in [0.4, 0.5) is 0 Å². The molecule has 0 saturated heterocycles.